The lowest BCUT2D eigenvalue weighted by molar-refractivity contribution is -0.143. The molecule has 0 saturated heterocycles. The van der Waals surface area contributed by atoms with E-state index in [2.05, 4.69) is 10.3 Å². The van der Waals surface area contributed by atoms with E-state index < -0.39 is 17.9 Å². The minimum absolute atomic E-state index is 0.270. The lowest BCUT2D eigenvalue weighted by Crippen LogP contribution is -2.32. The van der Waals surface area contributed by atoms with E-state index in [0.29, 0.717) is 22.5 Å². The summed E-state index contributed by atoms with van der Waals surface area (Å²) in [4.78, 5) is 29.7. The molecule has 7 heteroatoms. The predicted molar refractivity (Wildman–Crippen MR) is 104 cm³/mol. The fraction of sp³-hybridized carbons (Fsp3) is 0.350. The number of dihydropyridines is 1. The van der Waals surface area contributed by atoms with Crippen molar-refractivity contribution in [2.24, 2.45) is 0 Å². The topological polar surface area (TPSA) is 77.5 Å². The van der Waals surface area contributed by atoms with Crippen molar-refractivity contribution in [1.29, 1.82) is 0 Å². The van der Waals surface area contributed by atoms with Gasteiger partial charge in [-0.15, -0.1) is 11.3 Å². The van der Waals surface area contributed by atoms with Gasteiger partial charge in [0.2, 0.25) is 0 Å². The predicted octanol–water partition coefficient (Wildman–Crippen LogP) is 3.66. The van der Waals surface area contributed by atoms with Crippen molar-refractivity contribution in [3.63, 3.8) is 0 Å². The second-order valence-electron chi connectivity index (χ2n) is 6.64. The maximum absolute atomic E-state index is 12.9. The fourth-order valence-electron chi connectivity index (χ4n) is 3.35. The van der Waals surface area contributed by atoms with Gasteiger partial charge in [0.1, 0.15) is 0 Å². The SMILES string of the molecule is COC(=O)C1=C(C)NC(C)=C(C(=O)OC(C)C)C1c1csc2ccncc12. The van der Waals surface area contributed by atoms with Gasteiger partial charge in [-0.1, -0.05) is 0 Å². The number of fused-ring (bicyclic) bond motifs is 1. The highest BCUT2D eigenvalue weighted by molar-refractivity contribution is 7.17. The molecule has 2 aromatic rings. The summed E-state index contributed by atoms with van der Waals surface area (Å²) in [6, 6.07) is 1.92. The summed E-state index contributed by atoms with van der Waals surface area (Å²) >= 11 is 1.55. The minimum atomic E-state index is -0.581. The summed E-state index contributed by atoms with van der Waals surface area (Å²) < 4.78 is 11.5. The van der Waals surface area contributed by atoms with Crippen LogP contribution in [-0.4, -0.2) is 30.1 Å². The Morgan fingerprint density at radius 3 is 2.48 bits per heavy atom. The maximum Gasteiger partial charge on any atom is 0.337 e. The monoisotopic (exact) mass is 386 g/mol. The molecule has 1 unspecified atom stereocenters. The fourth-order valence-corrected chi connectivity index (χ4v) is 4.30. The number of rotatable bonds is 4. The average molecular weight is 386 g/mol. The largest absolute Gasteiger partial charge is 0.466 e. The van der Waals surface area contributed by atoms with Crippen LogP contribution in [0.2, 0.25) is 0 Å². The average Bonchev–Trinajstić information content (AvgIpc) is 3.03. The van der Waals surface area contributed by atoms with E-state index in [1.165, 1.54) is 7.11 Å². The maximum atomic E-state index is 12.9. The number of ether oxygens (including phenoxy) is 2. The van der Waals surface area contributed by atoms with Crippen molar-refractivity contribution in [3.8, 4) is 0 Å². The van der Waals surface area contributed by atoms with Crippen LogP contribution >= 0.6 is 11.3 Å². The number of hydrogen-bond acceptors (Lipinski definition) is 7. The van der Waals surface area contributed by atoms with Crippen LogP contribution in [0.4, 0.5) is 0 Å². The number of nitrogens with one attached hydrogen (secondary N) is 1. The Morgan fingerprint density at radius 1 is 1.19 bits per heavy atom. The zero-order valence-electron chi connectivity index (χ0n) is 16.0. The Morgan fingerprint density at radius 2 is 1.85 bits per heavy atom. The van der Waals surface area contributed by atoms with Gasteiger partial charge >= 0.3 is 11.9 Å². The van der Waals surface area contributed by atoms with Crippen molar-refractivity contribution in [3.05, 3.63) is 51.9 Å². The molecule has 1 atom stereocenters. The lowest BCUT2D eigenvalue weighted by atomic mass is 9.80. The third-order valence-electron chi connectivity index (χ3n) is 4.44. The molecule has 1 N–H and O–H groups in total. The van der Waals surface area contributed by atoms with Crippen LogP contribution in [0.25, 0.3) is 10.1 Å². The van der Waals surface area contributed by atoms with E-state index in [4.69, 9.17) is 9.47 Å². The van der Waals surface area contributed by atoms with Crippen molar-refractivity contribution in [1.82, 2.24) is 10.3 Å². The summed E-state index contributed by atoms with van der Waals surface area (Å²) in [5.74, 6) is -1.50. The van der Waals surface area contributed by atoms with E-state index in [1.54, 1.807) is 44.5 Å². The molecule has 0 spiro atoms. The molecule has 0 amide bonds. The number of aromatic nitrogens is 1. The van der Waals surface area contributed by atoms with Gasteiger partial charge in [0, 0.05) is 33.9 Å². The van der Waals surface area contributed by atoms with Crippen molar-refractivity contribution in [2.75, 3.05) is 7.11 Å². The van der Waals surface area contributed by atoms with Crippen LogP contribution in [-0.2, 0) is 19.1 Å². The van der Waals surface area contributed by atoms with Gasteiger partial charge in [-0.3, -0.25) is 4.98 Å². The number of hydrogen-bond donors (Lipinski definition) is 1. The molecule has 0 radical (unpaired) electrons. The summed E-state index contributed by atoms with van der Waals surface area (Å²) in [6.45, 7) is 7.21. The van der Waals surface area contributed by atoms with Crippen LogP contribution in [0.1, 0.15) is 39.2 Å². The number of carbonyl (C=O) groups excluding carboxylic acids is 2. The molecule has 6 nitrogen and oxygen atoms in total. The van der Waals surface area contributed by atoms with Gasteiger partial charge in [0.05, 0.1) is 30.3 Å². The molecule has 2 aromatic heterocycles. The molecule has 0 saturated carbocycles. The number of methoxy groups -OCH3 is 1. The normalized spacial score (nSPS) is 17.3. The first-order valence-electron chi connectivity index (χ1n) is 8.64. The summed E-state index contributed by atoms with van der Waals surface area (Å²) in [6.07, 6.45) is 3.21. The number of pyridine rings is 1. The number of esters is 2. The van der Waals surface area contributed by atoms with E-state index in [9.17, 15) is 9.59 Å². The standard InChI is InChI=1S/C20H22N2O4S/c1-10(2)26-20(24)17-12(4)22-11(3)16(19(23)25-5)18(17)14-9-27-15-6-7-21-8-13(14)15/h6-10,18,22H,1-5H3. The molecule has 0 bridgehead atoms. The van der Waals surface area contributed by atoms with E-state index >= 15 is 0 Å². The van der Waals surface area contributed by atoms with Crippen LogP contribution in [0.5, 0.6) is 0 Å². The molecule has 3 rings (SSSR count). The molecular formula is C20H22N2O4S. The highest BCUT2D eigenvalue weighted by Gasteiger charge is 2.39. The van der Waals surface area contributed by atoms with E-state index in [1.807, 2.05) is 18.4 Å². The lowest BCUT2D eigenvalue weighted by Gasteiger charge is -2.30. The van der Waals surface area contributed by atoms with Gasteiger partial charge in [0.15, 0.2) is 0 Å². The first-order valence-corrected chi connectivity index (χ1v) is 9.52. The number of allylic oxidation sites excluding steroid dienone is 2. The molecule has 3 heterocycles. The summed E-state index contributed by atoms with van der Waals surface area (Å²) in [5, 5.41) is 6.01. The second kappa shape index (κ2) is 7.52. The summed E-state index contributed by atoms with van der Waals surface area (Å²) in [7, 11) is 1.34. The zero-order valence-corrected chi connectivity index (χ0v) is 16.8. The van der Waals surface area contributed by atoms with Crippen LogP contribution < -0.4 is 5.32 Å². The molecule has 142 valence electrons. The Hall–Kier alpha value is -2.67. The molecule has 1 aliphatic heterocycles. The van der Waals surface area contributed by atoms with Gasteiger partial charge in [-0.05, 0) is 44.7 Å². The quantitative estimate of drug-likeness (QED) is 0.808. The Bertz CT molecular complexity index is 971. The van der Waals surface area contributed by atoms with Gasteiger partial charge in [-0.25, -0.2) is 9.59 Å². The van der Waals surface area contributed by atoms with Crippen LogP contribution in [0.15, 0.2) is 46.4 Å². The van der Waals surface area contributed by atoms with Crippen LogP contribution in [0.3, 0.4) is 0 Å². The van der Waals surface area contributed by atoms with Gasteiger partial charge < -0.3 is 14.8 Å². The molecule has 27 heavy (non-hydrogen) atoms. The third-order valence-corrected chi connectivity index (χ3v) is 5.43. The molecule has 0 aliphatic carbocycles. The zero-order chi connectivity index (χ0) is 19.7. The Labute approximate surface area is 161 Å². The third kappa shape index (κ3) is 3.47. The summed E-state index contributed by atoms with van der Waals surface area (Å²) in [5.41, 5.74) is 2.99. The first-order chi connectivity index (χ1) is 12.8. The highest BCUT2D eigenvalue weighted by Crippen LogP contribution is 2.43. The number of nitrogens with zero attached hydrogens (tertiary/aromatic N) is 1. The number of thiophene rings is 1. The number of carbonyl (C=O) groups is 2. The Balaban J connectivity index is 2.24. The van der Waals surface area contributed by atoms with Crippen molar-refractivity contribution < 1.29 is 19.1 Å². The van der Waals surface area contributed by atoms with Crippen molar-refractivity contribution in [2.45, 2.75) is 39.7 Å². The van der Waals surface area contributed by atoms with Crippen LogP contribution in [0, 0.1) is 0 Å². The highest BCUT2D eigenvalue weighted by atomic mass is 32.1. The van der Waals surface area contributed by atoms with E-state index in [0.717, 1.165) is 15.6 Å². The first kappa shape index (κ1) is 19.1. The molecular weight excluding hydrogens is 364 g/mol. The van der Waals surface area contributed by atoms with Gasteiger partial charge in [-0.2, -0.15) is 0 Å². The molecule has 0 aromatic carbocycles. The smallest absolute Gasteiger partial charge is 0.337 e. The molecule has 0 fully saturated rings. The second-order valence-corrected chi connectivity index (χ2v) is 7.56. The van der Waals surface area contributed by atoms with E-state index in [-0.39, 0.29) is 6.10 Å². The molecule has 1 aliphatic rings. The van der Waals surface area contributed by atoms with Gasteiger partial charge in [0.25, 0.3) is 0 Å². The van der Waals surface area contributed by atoms with Crippen molar-refractivity contribution >= 4 is 33.4 Å². The minimum Gasteiger partial charge on any atom is -0.466 e. The Kier molecular flexibility index (Phi) is 5.32.